The average Bonchev–Trinajstić information content (AvgIpc) is 3.10. The van der Waals surface area contributed by atoms with Gasteiger partial charge in [0.25, 0.3) is 0 Å². The summed E-state index contributed by atoms with van der Waals surface area (Å²) >= 11 is 0. The monoisotopic (exact) mass is 886 g/mol. The fourth-order valence-electron chi connectivity index (χ4n) is 4.91. The number of nitrogens with one attached hydrogen (secondary N) is 8. The molecule has 0 aliphatic rings. The molecule has 6 aromatic rings. The largest absolute Gasteiger partial charge is 1.00 e. The van der Waals surface area contributed by atoms with Gasteiger partial charge in [0.15, 0.2) is 0 Å². The van der Waals surface area contributed by atoms with E-state index in [-0.39, 0.29) is 151 Å². The summed E-state index contributed by atoms with van der Waals surface area (Å²) < 4.78 is 108. The molecule has 0 atom stereocenters. The summed E-state index contributed by atoms with van der Waals surface area (Å²) in [6, 6.07) is 20.5. The molecule has 27 heteroatoms. The van der Waals surface area contributed by atoms with E-state index in [9.17, 15) is 38.9 Å². The molecule has 8 N–H and O–H groups in total. The van der Waals surface area contributed by atoms with Crippen LogP contribution in [0.2, 0.25) is 0 Å². The Bertz CT molecular complexity index is 3300. The number of rotatable bonds is 9. The van der Waals surface area contributed by atoms with Crippen LogP contribution in [-0.2, 0) is 30.4 Å². The molecular formula is C32H25N12Na3O9S3. The van der Waals surface area contributed by atoms with Gasteiger partial charge in [0, 0.05) is 0 Å². The van der Waals surface area contributed by atoms with Crippen LogP contribution in [0.3, 0.4) is 0 Å². The summed E-state index contributed by atoms with van der Waals surface area (Å²) in [5.41, 5.74) is -0.618. The standard InChI is InChI=1S/C32H28N12O9S3.3Na/c33-27-39-29(35-20-5-2-1-3-6-20)43-31(41-27)37-22-13-11-18(25(16-22)55(48,49)50)9-10-19-12-14-23(17-26(19)56(51,52)53)38-32-42-28(34)40-30(44-32)36-21-7-4-8-24(15-21)54(45,46)47;;;/h1-17H,(H,45,46,47)(H,48,49,50)(H,51,52,53)(H4,33,35,37,39,41,43)(H4,34,36,38,40,42,44);;;/q;3*+1/p-3/b10-9+;;;. The second-order valence-corrected chi connectivity index (χ2v) is 15.4. The molecule has 0 amide bonds. The molecule has 0 radical (unpaired) electrons. The SMILES string of the molecule is N=c1[nH]c(=Nc2ccccc2)[nH]c(=Nc2ccc(/C=C/c3ccc(N=c4[nH]c(=N)[nH]c(=Nc5cccc(S(=O)(=O)[O-])c5)[nH]4)cc3S(=O)(=O)[O-])c(S(=O)(=O)[O-])c2)[nH]1.[Na+].[Na+].[Na+]. The van der Waals surface area contributed by atoms with Crippen LogP contribution >= 0.6 is 0 Å². The van der Waals surface area contributed by atoms with Gasteiger partial charge in [-0.25, -0.2) is 45.2 Å². The van der Waals surface area contributed by atoms with Crippen molar-refractivity contribution in [3.8, 4) is 0 Å². The normalized spacial score (nSPS) is 13.1. The first kappa shape index (κ1) is 49.5. The number of H-pyrrole nitrogens is 6. The first-order chi connectivity index (χ1) is 26.4. The Morgan fingerprint density at radius 1 is 0.441 bits per heavy atom. The van der Waals surface area contributed by atoms with Crippen LogP contribution < -0.4 is 122 Å². The van der Waals surface area contributed by atoms with Gasteiger partial charge in [0.1, 0.15) is 30.4 Å². The summed E-state index contributed by atoms with van der Waals surface area (Å²) in [4.78, 5) is 30.6. The molecule has 0 aliphatic heterocycles. The van der Waals surface area contributed by atoms with Crippen LogP contribution in [0.25, 0.3) is 12.2 Å². The molecule has 0 saturated heterocycles. The van der Waals surface area contributed by atoms with E-state index in [4.69, 9.17) is 10.8 Å². The van der Waals surface area contributed by atoms with E-state index in [1.54, 1.807) is 30.3 Å². The maximum Gasteiger partial charge on any atom is 1.00 e. The van der Waals surface area contributed by atoms with Crippen LogP contribution in [0.15, 0.2) is 126 Å². The zero-order valence-corrected chi connectivity index (χ0v) is 39.5. The minimum absolute atomic E-state index is 0. The molecule has 0 bridgehead atoms. The van der Waals surface area contributed by atoms with Crippen molar-refractivity contribution < 1.29 is 128 Å². The third-order valence-electron chi connectivity index (χ3n) is 7.25. The summed E-state index contributed by atoms with van der Waals surface area (Å²) in [7, 11) is -15.1. The third-order valence-corrected chi connectivity index (χ3v) is 9.86. The van der Waals surface area contributed by atoms with Crippen molar-refractivity contribution in [3.63, 3.8) is 0 Å². The van der Waals surface area contributed by atoms with Crippen LogP contribution in [0.4, 0.5) is 22.7 Å². The number of aromatic amines is 6. The minimum Gasteiger partial charge on any atom is -0.744 e. The summed E-state index contributed by atoms with van der Waals surface area (Å²) in [6.07, 6.45) is 2.23. The predicted molar refractivity (Wildman–Crippen MR) is 190 cm³/mol. The van der Waals surface area contributed by atoms with Crippen LogP contribution in [0.1, 0.15) is 11.1 Å². The number of hydrogen-bond acceptors (Lipinski definition) is 15. The van der Waals surface area contributed by atoms with Crippen molar-refractivity contribution in [1.82, 2.24) is 29.9 Å². The van der Waals surface area contributed by atoms with Crippen LogP contribution in [-0.4, -0.2) is 68.8 Å². The van der Waals surface area contributed by atoms with Crippen molar-refractivity contribution in [2.45, 2.75) is 14.7 Å². The Hall–Kier alpha value is -3.83. The second kappa shape index (κ2) is 20.6. The zero-order chi connectivity index (χ0) is 40.3. The Balaban J connectivity index is 0.00000310. The maximum atomic E-state index is 12.3. The van der Waals surface area contributed by atoms with Gasteiger partial charge in [0.05, 0.1) is 37.4 Å². The molecule has 288 valence electrons. The van der Waals surface area contributed by atoms with Gasteiger partial charge in [-0.1, -0.05) is 48.6 Å². The number of hydrogen-bond donors (Lipinski definition) is 8. The van der Waals surface area contributed by atoms with Gasteiger partial charge in [0.2, 0.25) is 33.7 Å². The molecule has 2 aromatic heterocycles. The molecule has 21 nitrogen and oxygen atoms in total. The Labute approximate surface area is 399 Å². The molecule has 2 heterocycles. The molecule has 0 spiro atoms. The molecule has 6 rings (SSSR count). The fourth-order valence-corrected chi connectivity index (χ4v) is 6.80. The minimum atomic E-state index is -5.18. The van der Waals surface area contributed by atoms with E-state index in [0.29, 0.717) is 5.69 Å². The molecule has 59 heavy (non-hydrogen) atoms. The van der Waals surface area contributed by atoms with Crippen molar-refractivity contribution >= 4 is 65.3 Å². The molecular weight excluding hydrogens is 862 g/mol. The molecule has 0 fully saturated rings. The number of nitrogens with zero attached hydrogens (tertiary/aromatic N) is 4. The van der Waals surface area contributed by atoms with Gasteiger partial charge in [-0.15, -0.1) is 0 Å². The van der Waals surface area contributed by atoms with E-state index in [1.165, 1.54) is 36.4 Å². The van der Waals surface area contributed by atoms with Crippen molar-refractivity contribution in [1.29, 1.82) is 10.8 Å². The van der Waals surface area contributed by atoms with Crippen LogP contribution in [0.5, 0.6) is 0 Å². The second-order valence-electron chi connectivity index (χ2n) is 11.3. The van der Waals surface area contributed by atoms with Gasteiger partial charge >= 0.3 is 88.7 Å². The summed E-state index contributed by atoms with van der Waals surface area (Å²) in [5, 5.41) is 16.0. The van der Waals surface area contributed by atoms with E-state index in [1.807, 2.05) is 0 Å². The van der Waals surface area contributed by atoms with Gasteiger partial charge in [-0.2, -0.15) is 0 Å². The van der Waals surface area contributed by atoms with E-state index < -0.39 is 45.0 Å². The van der Waals surface area contributed by atoms with E-state index >= 15 is 0 Å². The topological polar surface area (TPSA) is 363 Å². The molecule has 4 aromatic carbocycles. The smallest absolute Gasteiger partial charge is 0.744 e. The Morgan fingerprint density at radius 2 is 0.814 bits per heavy atom. The average molecular weight is 887 g/mol. The predicted octanol–water partition coefficient (Wildman–Crippen LogP) is -8.56. The quantitative estimate of drug-likeness (QED) is 0.0388. The fraction of sp³-hybridized carbons (Fsp3) is 0. The first-order valence-electron chi connectivity index (χ1n) is 15.5. The van der Waals surface area contributed by atoms with Crippen molar-refractivity contribution in [2.75, 3.05) is 0 Å². The molecule has 0 saturated carbocycles. The van der Waals surface area contributed by atoms with Crippen molar-refractivity contribution in [3.05, 3.63) is 136 Å². The summed E-state index contributed by atoms with van der Waals surface area (Å²) in [5.74, 6) is 0. The zero-order valence-electron chi connectivity index (χ0n) is 31.0. The van der Waals surface area contributed by atoms with Crippen molar-refractivity contribution in [2.24, 2.45) is 20.0 Å². The number of benzene rings is 4. The van der Waals surface area contributed by atoms with E-state index in [2.05, 4.69) is 49.9 Å². The van der Waals surface area contributed by atoms with Gasteiger partial charge < -0.3 is 13.7 Å². The number of para-hydroxylation sites is 1. The maximum absolute atomic E-state index is 12.3. The van der Waals surface area contributed by atoms with Crippen LogP contribution in [0, 0.1) is 10.8 Å². The summed E-state index contributed by atoms with van der Waals surface area (Å²) in [6.45, 7) is 0. The first-order valence-corrected chi connectivity index (χ1v) is 19.7. The third kappa shape index (κ3) is 13.9. The number of aromatic nitrogens is 6. The van der Waals surface area contributed by atoms with Gasteiger partial charge in [-0.05, 0) is 65.7 Å². The van der Waals surface area contributed by atoms with Gasteiger partial charge in [-0.3, -0.25) is 40.7 Å². The Kier molecular flexibility index (Phi) is 17.3. The Morgan fingerprint density at radius 3 is 1.20 bits per heavy atom. The molecule has 0 aliphatic carbocycles. The molecule has 0 unspecified atom stereocenters. The van der Waals surface area contributed by atoms with E-state index in [0.717, 1.165) is 36.4 Å².